The van der Waals surface area contributed by atoms with Crippen molar-refractivity contribution < 1.29 is 0 Å². The predicted octanol–water partition coefficient (Wildman–Crippen LogP) is 2.79. The zero-order chi connectivity index (χ0) is 17.1. The predicted molar refractivity (Wildman–Crippen MR) is 98.1 cm³/mol. The summed E-state index contributed by atoms with van der Waals surface area (Å²) in [6.45, 7) is 3.34. The van der Waals surface area contributed by atoms with E-state index in [9.17, 15) is 0 Å². The van der Waals surface area contributed by atoms with Gasteiger partial charge in [-0.1, -0.05) is 0 Å². The standard InChI is InChI=1S/C18H22N6S/c1-23-7-4-20-18(23)17-9-15(21-12-22-17)8-14-2-5-24(6-3-14)11-16-10-19-13-25-16/h4,7,9-10,12-14H,2-3,5-6,8,11H2,1H3. The van der Waals surface area contributed by atoms with Crippen molar-refractivity contribution in [1.82, 2.24) is 29.4 Å². The molecule has 6 nitrogen and oxygen atoms in total. The van der Waals surface area contributed by atoms with Crippen molar-refractivity contribution in [3.05, 3.63) is 47.1 Å². The molecular formula is C18H22N6S. The van der Waals surface area contributed by atoms with Crippen LogP contribution in [-0.2, 0) is 20.0 Å². The van der Waals surface area contributed by atoms with Gasteiger partial charge in [-0.25, -0.2) is 15.0 Å². The van der Waals surface area contributed by atoms with E-state index in [1.54, 1.807) is 23.9 Å². The number of piperidine rings is 1. The lowest BCUT2D eigenvalue weighted by Crippen LogP contribution is -2.33. The summed E-state index contributed by atoms with van der Waals surface area (Å²) in [5.74, 6) is 1.59. The molecule has 0 amide bonds. The number of nitrogens with zero attached hydrogens (tertiary/aromatic N) is 6. The van der Waals surface area contributed by atoms with E-state index in [1.807, 2.05) is 29.5 Å². The molecule has 130 valence electrons. The summed E-state index contributed by atoms with van der Waals surface area (Å²) in [5.41, 5.74) is 3.94. The highest BCUT2D eigenvalue weighted by molar-refractivity contribution is 7.09. The Hall–Kier alpha value is -2.12. The fourth-order valence-corrected chi connectivity index (χ4v) is 4.06. The van der Waals surface area contributed by atoms with Crippen LogP contribution in [0.3, 0.4) is 0 Å². The summed E-state index contributed by atoms with van der Waals surface area (Å²) < 4.78 is 1.99. The number of likely N-dealkylation sites (tertiary alicyclic amines) is 1. The lowest BCUT2D eigenvalue weighted by Gasteiger charge is -2.31. The summed E-state index contributed by atoms with van der Waals surface area (Å²) in [6.07, 6.45) is 10.9. The molecule has 1 aliphatic heterocycles. The first kappa shape index (κ1) is 16.4. The average molecular weight is 354 g/mol. The maximum atomic E-state index is 4.48. The summed E-state index contributed by atoms with van der Waals surface area (Å²) in [6, 6.07) is 2.09. The van der Waals surface area contributed by atoms with Gasteiger partial charge in [-0.2, -0.15) is 0 Å². The number of aryl methyl sites for hydroxylation is 1. The van der Waals surface area contributed by atoms with Crippen LogP contribution in [0.15, 0.2) is 36.5 Å². The van der Waals surface area contributed by atoms with Crippen LogP contribution in [0.4, 0.5) is 0 Å². The van der Waals surface area contributed by atoms with E-state index in [-0.39, 0.29) is 0 Å². The van der Waals surface area contributed by atoms with E-state index < -0.39 is 0 Å². The molecule has 0 unspecified atom stereocenters. The van der Waals surface area contributed by atoms with E-state index >= 15 is 0 Å². The van der Waals surface area contributed by atoms with Crippen LogP contribution in [0.5, 0.6) is 0 Å². The molecule has 0 radical (unpaired) electrons. The highest BCUT2D eigenvalue weighted by Crippen LogP contribution is 2.24. The second-order valence-corrected chi connectivity index (χ2v) is 7.62. The van der Waals surface area contributed by atoms with Crippen LogP contribution in [0.1, 0.15) is 23.4 Å². The van der Waals surface area contributed by atoms with Gasteiger partial charge in [-0.15, -0.1) is 11.3 Å². The molecule has 3 aromatic rings. The fraction of sp³-hybridized carbons (Fsp3) is 0.444. The Morgan fingerprint density at radius 2 is 2.08 bits per heavy atom. The van der Waals surface area contributed by atoms with Gasteiger partial charge >= 0.3 is 0 Å². The van der Waals surface area contributed by atoms with Gasteiger partial charge in [-0.3, -0.25) is 9.88 Å². The smallest absolute Gasteiger partial charge is 0.158 e. The summed E-state index contributed by atoms with van der Waals surface area (Å²) in [4.78, 5) is 21.3. The molecule has 3 aromatic heterocycles. The Morgan fingerprint density at radius 1 is 1.20 bits per heavy atom. The summed E-state index contributed by atoms with van der Waals surface area (Å²) >= 11 is 1.74. The number of rotatable bonds is 5. The highest BCUT2D eigenvalue weighted by Gasteiger charge is 2.20. The zero-order valence-corrected chi connectivity index (χ0v) is 15.2. The van der Waals surface area contributed by atoms with Crippen molar-refractivity contribution in [3.63, 3.8) is 0 Å². The van der Waals surface area contributed by atoms with Gasteiger partial charge in [0.25, 0.3) is 0 Å². The minimum absolute atomic E-state index is 0.696. The minimum Gasteiger partial charge on any atom is -0.333 e. The Morgan fingerprint density at radius 3 is 2.80 bits per heavy atom. The third-order valence-electron chi connectivity index (χ3n) is 4.84. The van der Waals surface area contributed by atoms with E-state index in [0.29, 0.717) is 5.92 Å². The van der Waals surface area contributed by atoms with Gasteiger partial charge in [0.1, 0.15) is 12.0 Å². The molecule has 0 aromatic carbocycles. The van der Waals surface area contributed by atoms with Gasteiger partial charge in [0.2, 0.25) is 0 Å². The molecule has 7 heteroatoms. The van der Waals surface area contributed by atoms with E-state index in [4.69, 9.17) is 0 Å². The summed E-state index contributed by atoms with van der Waals surface area (Å²) in [5, 5.41) is 0. The highest BCUT2D eigenvalue weighted by atomic mass is 32.1. The zero-order valence-electron chi connectivity index (χ0n) is 14.4. The monoisotopic (exact) mass is 354 g/mol. The summed E-state index contributed by atoms with van der Waals surface area (Å²) in [7, 11) is 1.99. The first-order valence-corrected chi connectivity index (χ1v) is 9.54. The first-order valence-electron chi connectivity index (χ1n) is 8.66. The Bertz CT molecular complexity index is 805. The maximum absolute atomic E-state index is 4.48. The quantitative estimate of drug-likeness (QED) is 0.705. The molecule has 25 heavy (non-hydrogen) atoms. The number of thiazole rings is 1. The molecule has 1 saturated heterocycles. The molecular weight excluding hydrogens is 332 g/mol. The molecule has 1 aliphatic rings. The number of hydrogen-bond acceptors (Lipinski definition) is 6. The van der Waals surface area contributed by atoms with Gasteiger partial charge in [-0.05, 0) is 44.3 Å². The first-order chi connectivity index (χ1) is 12.3. The topological polar surface area (TPSA) is 59.7 Å². The van der Waals surface area contributed by atoms with Crippen LogP contribution < -0.4 is 0 Å². The number of hydrogen-bond donors (Lipinski definition) is 0. The second-order valence-electron chi connectivity index (χ2n) is 6.65. The van der Waals surface area contributed by atoms with Crippen molar-refractivity contribution >= 4 is 11.3 Å². The molecule has 0 saturated carbocycles. The van der Waals surface area contributed by atoms with Crippen LogP contribution in [0, 0.1) is 5.92 Å². The van der Waals surface area contributed by atoms with Gasteiger partial charge in [0.15, 0.2) is 5.82 Å². The third kappa shape index (κ3) is 3.93. The van der Waals surface area contributed by atoms with Crippen molar-refractivity contribution in [2.75, 3.05) is 13.1 Å². The van der Waals surface area contributed by atoms with Crippen molar-refractivity contribution in [1.29, 1.82) is 0 Å². The van der Waals surface area contributed by atoms with Crippen LogP contribution in [0.25, 0.3) is 11.5 Å². The SMILES string of the molecule is Cn1ccnc1-c1cc(CC2CCN(Cc3cncs3)CC2)ncn1. The Kier molecular flexibility index (Phi) is 4.85. The molecule has 1 fully saturated rings. The van der Waals surface area contributed by atoms with E-state index in [0.717, 1.165) is 43.3 Å². The average Bonchev–Trinajstić information content (AvgIpc) is 3.28. The molecule has 4 heterocycles. The maximum Gasteiger partial charge on any atom is 0.158 e. The van der Waals surface area contributed by atoms with E-state index in [2.05, 4.69) is 30.9 Å². The van der Waals surface area contributed by atoms with Gasteiger partial charge < -0.3 is 4.57 Å². The normalized spacial score (nSPS) is 16.4. The van der Waals surface area contributed by atoms with Crippen LogP contribution in [0.2, 0.25) is 0 Å². The molecule has 0 N–H and O–H groups in total. The van der Waals surface area contributed by atoms with Crippen molar-refractivity contribution in [2.45, 2.75) is 25.8 Å². The second kappa shape index (κ2) is 7.41. The lowest BCUT2D eigenvalue weighted by atomic mass is 9.92. The van der Waals surface area contributed by atoms with Crippen molar-refractivity contribution in [2.24, 2.45) is 13.0 Å². The largest absolute Gasteiger partial charge is 0.333 e. The third-order valence-corrected chi connectivity index (χ3v) is 5.61. The number of aromatic nitrogens is 5. The molecule has 0 atom stereocenters. The van der Waals surface area contributed by atoms with Gasteiger partial charge in [0.05, 0.1) is 5.51 Å². The van der Waals surface area contributed by atoms with Crippen LogP contribution in [-0.4, -0.2) is 42.5 Å². The molecule has 4 rings (SSSR count). The molecule has 0 bridgehead atoms. The molecule has 0 aliphatic carbocycles. The van der Waals surface area contributed by atoms with E-state index in [1.165, 1.54) is 17.7 Å². The minimum atomic E-state index is 0.696. The Labute approximate surface area is 151 Å². The Balaban J connectivity index is 1.35. The van der Waals surface area contributed by atoms with Crippen LogP contribution >= 0.6 is 11.3 Å². The number of imidazole rings is 1. The fourth-order valence-electron chi connectivity index (χ4n) is 3.43. The van der Waals surface area contributed by atoms with Gasteiger partial charge in [0, 0.05) is 42.8 Å². The van der Waals surface area contributed by atoms with Crippen molar-refractivity contribution in [3.8, 4) is 11.5 Å². The lowest BCUT2D eigenvalue weighted by molar-refractivity contribution is 0.177. The molecule has 0 spiro atoms.